The van der Waals surface area contributed by atoms with E-state index in [9.17, 15) is 4.79 Å². The van der Waals surface area contributed by atoms with Crippen LogP contribution in [0.2, 0.25) is 0 Å². The molecule has 1 rings (SSSR count). The van der Waals surface area contributed by atoms with Crippen molar-refractivity contribution in [2.75, 3.05) is 13.7 Å². The summed E-state index contributed by atoms with van der Waals surface area (Å²) in [6.07, 6.45) is 2.80. The van der Waals surface area contributed by atoms with Crippen molar-refractivity contribution >= 4 is 5.97 Å². The van der Waals surface area contributed by atoms with Gasteiger partial charge in [0.1, 0.15) is 0 Å². The second-order valence-electron chi connectivity index (χ2n) is 2.63. The molecule has 0 aliphatic carbocycles. The third-order valence-electron chi connectivity index (χ3n) is 1.77. The van der Waals surface area contributed by atoms with Gasteiger partial charge >= 0.3 is 12.0 Å². The standard InChI is InChI=1S/C8H11N3O3/c1-14-8-10-3-5(4-11-8)6(2-9)7(12)13/h3-4,6H,2,9H2,1H3,(H,12,13). The predicted molar refractivity (Wildman–Crippen MR) is 48.0 cm³/mol. The fourth-order valence-corrected chi connectivity index (χ4v) is 0.991. The molecule has 1 aromatic rings. The lowest BCUT2D eigenvalue weighted by molar-refractivity contribution is -0.138. The molecule has 0 radical (unpaired) electrons. The zero-order chi connectivity index (χ0) is 10.6. The number of hydrogen-bond acceptors (Lipinski definition) is 5. The van der Waals surface area contributed by atoms with Crippen LogP contribution in [0.15, 0.2) is 12.4 Å². The summed E-state index contributed by atoms with van der Waals surface area (Å²) in [6.45, 7) is 0.0189. The van der Waals surface area contributed by atoms with Crippen LogP contribution in [0.4, 0.5) is 0 Å². The number of rotatable bonds is 4. The molecule has 0 aliphatic rings. The van der Waals surface area contributed by atoms with Gasteiger partial charge in [-0.1, -0.05) is 0 Å². The molecular formula is C8H11N3O3. The minimum absolute atomic E-state index is 0.0189. The normalized spacial score (nSPS) is 12.1. The highest BCUT2D eigenvalue weighted by Gasteiger charge is 2.18. The molecule has 0 saturated carbocycles. The van der Waals surface area contributed by atoms with E-state index in [-0.39, 0.29) is 12.6 Å². The van der Waals surface area contributed by atoms with Gasteiger partial charge in [-0.3, -0.25) is 4.79 Å². The number of hydrogen-bond donors (Lipinski definition) is 2. The van der Waals surface area contributed by atoms with Crippen molar-refractivity contribution < 1.29 is 14.6 Å². The van der Waals surface area contributed by atoms with E-state index in [4.69, 9.17) is 15.6 Å². The van der Waals surface area contributed by atoms with E-state index in [0.29, 0.717) is 5.56 Å². The number of aliphatic carboxylic acids is 1. The fraction of sp³-hybridized carbons (Fsp3) is 0.375. The highest BCUT2D eigenvalue weighted by atomic mass is 16.5. The zero-order valence-corrected chi connectivity index (χ0v) is 7.67. The van der Waals surface area contributed by atoms with Crippen molar-refractivity contribution in [1.29, 1.82) is 0 Å². The molecule has 0 spiro atoms. The van der Waals surface area contributed by atoms with Gasteiger partial charge in [-0.15, -0.1) is 0 Å². The Morgan fingerprint density at radius 2 is 2.21 bits per heavy atom. The Hall–Kier alpha value is -1.69. The molecule has 1 aromatic heterocycles. The summed E-state index contributed by atoms with van der Waals surface area (Å²) in [4.78, 5) is 18.3. The number of nitrogens with two attached hydrogens (primary N) is 1. The molecule has 1 atom stereocenters. The molecule has 14 heavy (non-hydrogen) atoms. The van der Waals surface area contributed by atoms with Crippen LogP contribution in [-0.2, 0) is 4.79 Å². The van der Waals surface area contributed by atoms with Crippen LogP contribution in [0.5, 0.6) is 6.01 Å². The van der Waals surface area contributed by atoms with E-state index in [1.54, 1.807) is 0 Å². The van der Waals surface area contributed by atoms with E-state index >= 15 is 0 Å². The van der Waals surface area contributed by atoms with Crippen molar-refractivity contribution in [3.63, 3.8) is 0 Å². The molecule has 76 valence electrons. The average Bonchev–Trinajstić information content (AvgIpc) is 2.19. The number of methoxy groups -OCH3 is 1. The SMILES string of the molecule is COc1ncc(C(CN)C(=O)O)cn1. The first-order valence-electron chi connectivity index (χ1n) is 3.97. The first-order valence-corrected chi connectivity index (χ1v) is 3.97. The molecule has 6 heteroatoms. The highest BCUT2D eigenvalue weighted by molar-refractivity contribution is 5.76. The van der Waals surface area contributed by atoms with Crippen LogP contribution in [0.1, 0.15) is 11.5 Å². The third kappa shape index (κ3) is 2.17. The summed E-state index contributed by atoms with van der Waals surface area (Å²) < 4.78 is 4.74. The number of carbonyl (C=O) groups is 1. The Morgan fingerprint density at radius 1 is 1.64 bits per heavy atom. The topological polar surface area (TPSA) is 98.3 Å². The van der Waals surface area contributed by atoms with Gasteiger partial charge in [-0.2, -0.15) is 0 Å². The monoisotopic (exact) mass is 197 g/mol. The van der Waals surface area contributed by atoms with Crippen LogP contribution >= 0.6 is 0 Å². The van der Waals surface area contributed by atoms with Crippen molar-refractivity contribution in [1.82, 2.24) is 9.97 Å². The van der Waals surface area contributed by atoms with Gasteiger partial charge in [0.2, 0.25) is 0 Å². The minimum atomic E-state index is -0.985. The van der Waals surface area contributed by atoms with Crippen LogP contribution in [0.3, 0.4) is 0 Å². The quantitative estimate of drug-likeness (QED) is 0.682. The molecule has 0 fully saturated rings. The first kappa shape index (κ1) is 10.4. The third-order valence-corrected chi connectivity index (χ3v) is 1.77. The van der Waals surface area contributed by atoms with Crippen molar-refractivity contribution in [3.05, 3.63) is 18.0 Å². The van der Waals surface area contributed by atoms with Crippen LogP contribution < -0.4 is 10.5 Å². The van der Waals surface area contributed by atoms with E-state index < -0.39 is 11.9 Å². The maximum atomic E-state index is 10.7. The summed E-state index contributed by atoms with van der Waals surface area (Å²) in [5.74, 6) is -1.75. The van der Waals surface area contributed by atoms with Gasteiger partial charge < -0.3 is 15.6 Å². The van der Waals surface area contributed by atoms with Gasteiger partial charge in [0, 0.05) is 24.5 Å². The maximum absolute atomic E-state index is 10.7. The number of nitrogens with zero attached hydrogens (tertiary/aromatic N) is 2. The van der Waals surface area contributed by atoms with Crippen molar-refractivity contribution in [2.45, 2.75) is 5.92 Å². The molecule has 0 aliphatic heterocycles. The lowest BCUT2D eigenvalue weighted by atomic mass is 10.0. The second-order valence-corrected chi connectivity index (χ2v) is 2.63. The summed E-state index contributed by atoms with van der Waals surface area (Å²) in [7, 11) is 1.44. The van der Waals surface area contributed by atoms with Crippen LogP contribution in [0.25, 0.3) is 0 Å². The highest BCUT2D eigenvalue weighted by Crippen LogP contribution is 2.13. The van der Waals surface area contributed by atoms with Crippen LogP contribution in [0, 0.1) is 0 Å². The Kier molecular flexibility index (Phi) is 3.35. The maximum Gasteiger partial charge on any atom is 0.316 e. The molecule has 0 amide bonds. The molecular weight excluding hydrogens is 186 g/mol. The lowest BCUT2D eigenvalue weighted by Crippen LogP contribution is -2.21. The summed E-state index contributed by atoms with van der Waals surface area (Å²) in [5.41, 5.74) is 5.78. The van der Waals surface area contributed by atoms with Gasteiger partial charge in [0.25, 0.3) is 0 Å². The molecule has 3 N–H and O–H groups in total. The van der Waals surface area contributed by atoms with Gasteiger partial charge in [0.15, 0.2) is 0 Å². The van der Waals surface area contributed by atoms with Crippen LogP contribution in [-0.4, -0.2) is 34.7 Å². The average molecular weight is 197 g/mol. The summed E-state index contributed by atoms with van der Waals surface area (Å²) in [5, 5.41) is 8.79. The Balaban J connectivity index is 2.89. The first-order chi connectivity index (χ1) is 6.69. The van der Waals surface area contributed by atoms with E-state index in [1.807, 2.05) is 0 Å². The summed E-state index contributed by atoms with van der Waals surface area (Å²) >= 11 is 0. The predicted octanol–water partition coefficient (Wildman–Crippen LogP) is -0.388. The van der Waals surface area contributed by atoms with E-state index in [2.05, 4.69) is 9.97 Å². The minimum Gasteiger partial charge on any atom is -0.481 e. The zero-order valence-electron chi connectivity index (χ0n) is 7.67. The van der Waals surface area contributed by atoms with Gasteiger partial charge in [-0.05, 0) is 0 Å². The second kappa shape index (κ2) is 4.52. The molecule has 1 unspecified atom stereocenters. The molecule has 6 nitrogen and oxygen atoms in total. The van der Waals surface area contributed by atoms with E-state index in [0.717, 1.165) is 0 Å². The van der Waals surface area contributed by atoms with Gasteiger partial charge in [-0.25, -0.2) is 9.97 Å². The number of ether oxygens (including phenoxy) is 1. The molecule has 1 heterocycles. The lowest BCUT2D eigenvalue weighted by Gasteiger charge is -2.08. The van der Waals surface area contributed by atoms with E-state index in [1.165, 1.54) is 19.5 Å². The van der Waals surface area contributed by atoms with Crippen molar-refractivity contribution in [3.8, 4) is 6.01 Å². The fourth-order valence-electron chi connectivity index (χ4n) is 0.991. The largest absolute Gasteiger partial charge is 0.481 e. The Bertz CT molecular complexity index is 312. The molecule has 0 aromatic carbocycles. The summed E-state index contributed by atoms with van der Waals surface area (Å²) in [6, 6.07) is 0.204. The molecule has 0 bridgehead atoms. The number of carboxylic acids is 1. The Morgan fingerprint density at radius 3 is 2.57 bits per heavy atom. The number of carboxylic acid groups (broad SMARTS) is 1. The Labute approximate surface area is 80.7 Å². The molecule has 0 saturated heterocycles. The smallest absolute Gasteiger partial charge is 0.316 e. The van der Waals surface area contributed by atoms with Crippen molar-refractivity contribution in [2.24, 2.45) is 5.73 Å². The van der Waals surface area contributed by atoms with Gasteiger partial charge in [0.05, 0.1) is 13.0 Å². The number of aromatic nitrogens is 2.